The number of sulfonamides is 1. The van der Waals surface area contributed by atoms with E-state index >= 15 is 0 Å². The molecule has 1 aliphatic rings. The van der Waals surface area contributed by atoms with Gasteiger partial charge in [-0.1, -0.05) is 0 Å². The third-order valence-corrected chi connectivity index (χ3v) is 6.24. The van der Waals surface area contributed by atoms with Gasteiger partial charge in [0.1, 0.15) is 0 Å². The molecule has 1 fully saturated rings. The van der Waals surface area contributed by atoms with Crippen LogP contribution in [0, 0.1) is 12.8 Å². The Hall–Kier alpha value is -0.630. The van der Waals surface area contributed by atoms with Crippen molar-refractivity contribution < 1.29 is 8.42 Å². The van der Waals surface area contributed by atoms with Crippen molar-refractivity contribution in [2.24, 2.45) is 5.92 Å². The van der Waals surface area contributed by atoms with Crippen molar-refractivity contribution in [3.8, 4) is 0 Å². The SMILES string of the molecule is Cc1cc(Br)c(N)cc1S(=O)(=O)NCC1CCN(C)CC1. The Kier molecular flexibility index (Phi) is 5.29. The number of rotatable bonds is 4. The number of anilines is 1. The fourth-order valence-corrected chi connectivity index (χ4v) is 4.36. The summed E-state index contributed by atoms with van der Waals surface area (Å²) in [5.74, 6) is 0.407. The van der Waals surface area contributed by atoms with Crippen LogP contribution in [0.2, 0.25) is 0 Å². The number of nitrogen functional groups attached to an aromatic ring is 1. The predicted molar refractivity (Wildman–Crippen MR) is 88.7 cm³/mol. The Bertz CT molecular complexity index is 611. The highest BCUT2D eigenvalue weighted by molar-refractivity contribution is 9.10. The van der Waals surface area contributed by atoms with Crippen LogP contribution >= 0.6 is 15.9 Å². The van der Waals surface area contributed by atoms with E-state index in [1.54, 1.807) is 13.0 Å². The van der Waals surface area contributed by atoms with Crippen LogP contribution < -0.4 is 10.5 Å². The summed E-state index contributed by atoms with van der Waals surface area (Å²) in [7, 11) is -1.42. The van der Waals surface area contributed by atoms with E-state index in [0.717, 1.165) is 25.9 Å². The van der Waals surface area contributed by atoms with Crippen LogP contribution in [0.25, 0.3) is 0 Å². The van der Waals surface area contributed by atoms with Gasteiger partial charge in [-0.05, 0) is 79.4 Å². The second kappa shape index (κ2) is 6.64. The minimum absolute atomic E-state index is 0.260. The number of likely N-dealkylation sites (tertiary alicyclic amines) is 1. The number of nitrogens with zero attached hydrogens (tertiary/aromatic N) is 1. The fourth-order valence-electron chi connectivity index (χ4n) is 2.53. The first-order valence-corrected chi connectivity index (χ1v) is 9.31. The van der Waals surface area contributed by atoms with E-state index in [4.69, 9.17) is 5.73 Å². The molecule has 1 heterocycles. The van der Waals surface area contributed by atoms with Crippen molar-refractivity contribution in [2.75, 3.05) is 32.4 Å². The third kappa shape index (κ3) is 4.18. The van der Waals surface area contributed by atoms with Gasteiger partial charge in [0.2, 0.25) is 10.0 Å². The van der Waals surface area contributed by atoms with Crippen molar-refractivity contribution in [1.82, 2.24) is 9.62 Å². The summed E-state index contributed by atoms with van der Waals surface area (Å²) in [5, 5.41) is 0. The molecule has 1 aromatic carbocycles. The van der Waals surface area contributed by atoms with E-state index in [0.29, 0.717) is 28.2 Å². The van der Waals surface area contributed by atoms with E-state index in [1.165, 1.54) is 6.07 Å². The van der Waals surface area contributed by atoms with E-state index in [1.807, 2.05) is 0 Å². The third-order valence-electron chi connectivity index (χ3n) is 3.98. The molecule has 3 N–H and O–H groups in total. The van der Waals surface area contributed by atoms with Crippen LogP contribution in [0.15, 0.2) is 21.5 Å². The summed E-state index contributed by atoms with van der Waals surface area (Å²) in [4.78, 5) is 2.53. The minimum Gasteiger partial charge on any atom is -0.398 e. The van der Waals surface area contributed by atoms with Gasteiger partial charge in [0.15, 0.2) is 0 Å². The number of hydrogen-bond acceptors (Lipinski definition) is 4. The van der Waals surface area contributed by atoms with Crippen LogP contribution in [0.4, 0.5) is 5.69 Å². The summed E-state index contributed by atoms with van der Waals surface area (Å²) >= 11 is 3.31. The molecule has 0 atom stereocenters. The Morgan fingerprint density at radius 3 is 2.62 bits per heavy atom. The maximum absolute atomic E-state index is 12.4. The zero-order valence-corrected chi connectivity index (χ0v) is 14.8. The van der Waals surface area contributed by atoms with E-state index in [-0.39, 0.29) is 4.90 Å². The number of nitrogens with two attached hydrogens (primary N) is 1. The van der Waals surface area contributed by atoms with Gasteiger partial charge in [0.05, 0.1) is 4.90 Å². The number of aryl methyl sites for hydroxylation is 1. The van der Waals surface area contributed by atoms with Gasteiger partial charge in [0.25, 0.3) is 0 Å². The molecule has 1 aliphatic heterocycles. The van der Waals surface area contributed by atoms with Gasteiger partial charge in [-0.2, -0.15) is 0 Å². The number of nitrogens with one attached hydrogen (secondary N) is 1. The summed E-state index contributed by atoms with van der Waals surface area (Å²) in [6, 6.07) is 3.25. The second-order valence-corrected chi connectivity index (χ2v) is 8.33. The molecule has 0 radical (unpaired) electrons. The molecule has 5 nitrogen and oxygen atoms in total. The molecular weight excluding hydrogens is 354 g/mol. The largest absolute Gasteiger partial charge is 0.398 e. The highest BCUT2D eigenvalue weighted by Crippen LogP contribution is 2.26. The van der Waals surface area contributed by atoms with Crippen LogP contribution in [0.5, 0.6) is 0 Å². The average Bonchev–Trinajstić information content (AvgIpc) is 2.42. The fraction of sp³-hybridized carbons (Fsp3) is 0.571. The van der Waals surface area contributed by atoms with Crippen molar-refractivity contribution in [3.63, 3.8) is 0 Å². The van der Waals surface area contributed by atoms with Crippen LogP contribution in [-0.2, 0) is 10.0 Å². The normalized spacial score (nSPS) is 18.0. The number of piperidine rings is 1. The number of benzene rings is 1. The maximum Gasteiger partial charge on any atom is 0.240 e. The highest BCUT2D eigenvalue weighted by atomic mass is 79.9. The van der Waals surface area contributed by atoms with E-state index < -0.39 is 10.0 Å². The smallest absolute Gasteiger partial charge is 0.240 e. The van der Waals surface area contributed by atoms with Crippen molar-refractivity contribution in [1.29, 1.82) is 0 Å². The molecule has 1 saturated heterocycles. The summed E-state index contributed by atoms with van der Waals surface area (Å²) < 4.78 is 28.3. The average molecular weight is 376 g/mol. The van der Waals surface area contributed by atoms with Gasteiger partial charge < -0.3 is 10.6 Å². The van der Waals surface area contributed by atoms with E-state index in [9.17, 15) is 8.42 Å². The van der Waals surface area contributed by atoms with Gasteiger partial charge in [-0.25, -0.2) is 13.1 Å². The topological polar surface area (TPSA) is 75.4 Å². The molecule has 0 bridgehead atoms. The van der Waals surface area contributed by atoms with Crippen LogP contribution in [0.1, 0.15) is 18.4 Å². The van der Waals surface area contributed by atoms with Crippen molar-refractivity contribution >= 4 is 31.6 Å². The zero-order valence-electron chi connectivity index (χ0n) is 12.4. The molecule has 1 aromatic rings. The Morgan fingerprint density at radius 1 is 1.38 bits per heavy atom. The zero-order chi connectivity index (χ0) is 15.6. The van der Waals surface area contributed by atoms with Crippen LogP contribution in [-0.4, -0.2) is 40.0 Å². The molecule has 0 aliphatic carbocycles. The maximum atomic E-state index is 12.4. The molecule has 0 aromatic heterocycles. The monoisotopic (exact) mass is 375 g/mol. The van der Waals surface area contributed by atoms with Gasteiger partial charge in [0, 0.05) is 16.7 Å². The first-order chi connectivity index (χ1) is 9.79. The highest BCUT2D eigenvalue weighted by Gasteiger charge is 2.22. The number of halogens is 1. The molecule has 0 spiro atoms. The van der Waals surface area contributed by atoms with Gasteiger partial charge in [-0.15, -0.1) is 0 Å². The van der Waals surface area contributed by atoms with Crippen molar-refractivity contribution in [2.45, 2.75) is 24.7 Å². The molecule has 7 heteroatoms. The van der Waals surface area contributed by atoms with Gasteiger partial charge >= 0.3 is 0 Å². The first-order valence-electron chi connectivity index (χ1n) is 7.03. The molecule has 0 saturated carbocycles. The van der Waals surface area contributed by atoms with E-state index in [2.05, 4.69) is 32.6 Å². The summed E-state index contributed by atoms with van der Waals surface area (Å²) in [6.45, 7) is 4.31. The summed E-state index contributed by atoms with van der Waals surface area (Å²) in [5.41, 5.74) is 6.91. The van der Waals surface area contributed by atoms with Gasteiger partial charge in [-0.3, -0.25) is 0 Å². The Morgan fingerprint density at radius 2 is 2.00 bits per heavy atom. The second-order valence-electron chi connectivity index (χ2n) is 5.74. The molecule has 2 rings (SSSR count). The number of hydrogen-bond donors (Lipinski definition) is 2. The molecule has 21 heavy (non-hydrogen) atoms. The Labute approximate surface area is 135 Å². The lowest BCUT2D eigenvalue weighted by Crippen LogP contribution is -2.37. The lowest BCUT2D eigenvalue weighted by atomic mass is 9.98. The molecule has 0 unspecified atom stereocenters. The molecular formula is C14H22BrN3O2S. The van der Waals surface area contributed by atoms with Crippen molar-refractivity contribution in [3.05, 3.63) is 22.2 Å². The lowest BCUT2D eigenvalue weighted by molar-refractivity contribution is 0.220. The lowest BCUT2D eigenvalue weighted by Gasteiger charge is -2.29. The first kappa shape index (κ1) is 16.7. The Balaban J connectivity index is 2.07. The predicted octanol–water partition coefficient (Wildman–Crippen LogP) is 1.96. The minimum atomic E-state index is -3.51. The molecule has 0 amide bonds. The quantitative estimate of drug-likeness (QED) is 0.788. The van der Waals surface area contributed by atoms with Crippen LogP contribution in [0.3, 0.4) is 0 Å². The standard InChI is InChI=1S/C14H22BrN3O2S/c1-10-7-12(15)13(16)8-14(10)21(19,20)17-9-11-3-5-18(2)6-4-11/h7-8,11,17H,3-6,9,16H2,1-2H3. The summed E-state index contributed by atoms with van der Waals surface area (Å²) in [6.07, 6.45) is 2.06. The molecule has 118 valence electrons.